The predicted octanol–water partition coefficient (Wildman–Crippen LogP) is 4.55. The molecule has 0 heterocycles. The lowest BCUT2D eigenvalue weighted by atomic mass is 9.98. The van der Waals surface area contributed by atoms with E-state index in [0.717, 1.165) is 18.5 Å². The lowest BCUT2D eigenvalue weighted by molar-refractivity contribution is 0.0951. The van der Waals surface area contributed by atoms with Gasteiger partial charge in [-0.05, 0) is 31.4 Å². The summed E-state index contributed by atoms with van der Waals surface area (Å²) in [6.07, 6.45) is 4.92. The number of unbranched alkanes of at least 4 members (excludes halogenated alkanes) is 3. The standard InChI is InChI=1S/C18H29NO/c1-5-6-7-8-13-19-15(4)18(20)17-11-9-16(10-12-17)14(2)3/h9-12,14-15,19H,5-8,13H2,1-4H3. The van der Waals surface area contributed by atoms with Gasteiger partial charge in [-0.3, -0.25) is 4.79 Å². The summed E-state index contributed by atoms with van der Waals surface area (Å²) in [5, 5.41) is 3.33. The second-order valence-electron chi connectivity index (χ2n) is 5.88. The first-order valence-corrected chi connectivity index (χ1v) is 7.93. The largest absolute Gasteiger partial charge is 0.307 e. The van der Waals surface area contributed by atoms with Gasteiger partial charge in [0.25, 0.3) is 0 Å². The second kappa shape index (κ2) is 8.91. The van der Waals surface area contributed by atoms with E-state index in [0.29, 0.717) is 5.92 Å². The van der Waals surface area contributed by atoms with Crippen LogP contribution in [0.2, 0.25) is 0 Å². The van der Waals surface area contributed by atoms with Crippen LogP contribution in [0.4, 0.5) is 0 Å². The predicted molar refractivity (Wildman–Crippen MR) is 86.5 cm³/mol. The van der Waals surface area contributed by atoms with Gasteiger partial charge in [0.1, 0.15) is 0 Å². The zero-order valence-electron chi connectivity index (χ0n) is 13.4. The minimum absolute atomic E-state index is 0.0958. The lowest BCUT2D eigenvalue weighted by Crippen LogP contribution is -2.34. The molecular formula is C18H29NO. The number of ketones is 1. The first kappa shape index (κ1) is 16.9. The number of carbonyl (C=O) groups excluding carboxylic acids is 1. The third kappa shape index (κ3) is 5.46. The number of benzene rings is 1. The fraction of sp³-hybridized carbons (Fsp3) is 0.611. The van der Waals surface area contributed by atoms with Crippen molar-refractivity contribution in [1.29, 1.82) is 0 Å². The van der Waals surface area contributed by atoms with Gasteiger partial charge in [-0.2, -0.15) is 0 Å². The minimum atomic E-state index is -0.0958. The molecule has 0 bridgehead atoms. The molecule has 0 radical (unpaired) electrons. The van der Waals surface area contributed by atoms with E-state index in [9.17, 15) is 4.79 Å². The summed E-state index contributed by atoms with van der Waals surface area (Å²) >= 11 is 0. The molecule has 0 aliphatic heterocycles. The van der Waals surface area contributed by atoms with Crippen molar-refractivity contribution in [3.8, 4) is 0 Å². The van der Waals surface area contributed by atoms with E-state index < -0.39 is 0 Å². The van der Waals surface area contributed by atoms with Crippen molar-refractivity contribution >= 4 is 5.78 Å². The van der Waals surface area contributed by atoms with Crippen molar-refractivity contribution < 1.29 is 4.79 Å². The van der Waals surface area contributed by atoms with Crippen LogP contribution in [-0.4, -0.2) is 18.4 Å². The fourth-order valence-electron chi connectivity index (χ4n) is 2.25. The Kier molecular flexibility index (Phi) is 7.53. The Bertz CT molecular complexity index is 394. The van der Waals surface area contributed by atoms with Crippen LogP contribution in [-0.2, 0) is 0 Å². The Morgan fingerprint density at radius 3 is 2.25 bits per heavy atom. The van der Waals surface area contributed by atoms with Gasteiger partial charge in [0.15, 0.2) is 5.78 Å². The summed E-state index contributed by atoms with van der Waals surface area (Å²) in [6, 6.07) is 7.93. The molecule has 1 N–H and O–H groups in total. The number of hydrogen-bond acceptors (Lipinski definition) is 2. The Hall–Kier alpha value is -1.15. The van der Waals surface area contributed by atoms with Crippen molar-refractivity contribution in [2.45, 2.75) is 65.3 Å². The average molecular weight is 275 g/mol. The van der Waals surface area contributed by atoms with E-state index in [2.05, 4.69) is 38.2 Å². The van der Waals surface area contributed by atoms with Gasteiger partial charge < -0.3 is 5.32 Å². The van der Waals surface area contributed by atoms with E-state index in [1.54, 1.807) is 0 Å². The van der Waals surface area contributed by atoms with Crippen molar-refractivity contribution in [3.05, 3.63) is 35.4 Å². The quantitative estimate of drug-likeness (QED) is 0.529. The monoisotopic (exact) mass is 275 g/mol. The van der Waals surface area contributed by atoms with Crippen LogP contribution in [0.5, 0.6) is 0 Å². The number of Topliss-reactive ketones (excluding diaryl/α,β-unsaturated/α-hetero) is 1. The number of nitrogens with one attached hydrogen (secondary N) is 1. The Labute approximate surface area is 124 Å². The van der Waals surface area contributed by atoms with E-state index in [1.807, 2.05) is 19.1 Å². The molecule has 1 atom stereocenters. The molecule has 1 aromatic rings. The molecule has 0 amide bonds. The maximum atomic E-state index is 12.3. The highest BCUT2D eigenvalue weighted by Crippen LogP contribution is 2.15. The third-order valence-corrected chi connectivity index (χ3v) is 3.74. The van der Waals surface area contributed by atoms with Gasteiger partial charge in [0.2, 0.25) is 0 Å². The van der Waals surface area contributed by atoms with Gasteiger partial charge in [-0.15, -0.1) is 0 Å². The molecule has 0 aliphatic carbocycles. The zero-order chi connectivity index (χ0) is 15.0. The van der Waals surface area contributed by atoms with Crippen molar-refractivity contribution in [2.75, 3.05) is 6.54 Å². The molecule has 0 saturated carbocycles. The summed E-state index contributed by atoms with van der Waals surface area (Å²) < 4.78 is 0. The van der Waals surface area contributed by atoms with E-state index in [1.165, 1.54) is 24.8 Å². The summed E-state index contributed by atoms with van der Waals surface area (Å²) in [6.45, 7) is 9.42. The molecule has 0 aliphatic rings. The topological polar surface area (TPSA) is 29.1 Å². The Balaban J connectivity index is 2.43. The van der Waals surface area contributed by atoms with E-state index >= 15 is 0 Å². The molecule has 2 nitrogen and oxygen atoms in total. The molecule has 112 valence electrons. The van der Waals surface area contributed by atoms with Gasteiger partial charge >= 0.3 is 0 Å². The number of rotatable bonds is 9. The molecule has 0 spiro atoms. The van der Waals surface area contributed by atoms with Crippen molar-refractivity contribution in [2.24, 2.45) is 0 Å². The Morgan fingerprint density at radius 1 is 1.05 bits per heavy atom. The molecule has 20 heavy (non-hydrogen) atoms. The van der Waals surface area contributed by atoms with Crippen LogP contribution in [0, 0.1) is 0 Å². The summed E-state index contributed by atoms with van der Waals surface area (Å²) in [5.41, 5.74) is 2.09. The number of hydrogen-bond donors (Lipinski definition) is 1. The highest BCUT2D eigenvalue weighted by molar-refractivity contribution is 5.99. The van der Waals surface area contributed by atoms with E-state index in [4.69, 9.17) is 0 Å². The molecule has 1 rings (SSSR count). The molecule has 0 saturated heterocycles. The van der Waals surface area contributed by atoms with Gasteiger partial charge in [0, 0.05) is 5.56 Å². The zero-order valence-corrected chi connectivity index (χ0v) is 13.4. The van der Waals surface area contributed by atoms with Crippen molar-refractivity contribution in [3.63, 3.8) is 0 Å². The third-order valence-electron chi connectivity index (χ3n) is 3.74. The highest BCUT2D eigenvalue weighted by Gasteiger charge is 2.14. The maximum absolute atomic E-state index is 12.3. The smallest absolute Gasteiger partial charge is 0.179 e. The van der Waals surface area contributed by atoms with Crippen LogP contribution >= 0.6 is 0 Å². The summed E-state index contributed by atoms with van der Waals surface area (Å²) in [7, 11) is 0. The van der Waals surface area contributed by atoms with Gasteiger partial charge in [-0.1, -0.05) is 64.3 Å². The van der Waals surface area contributed by atoms with Gasteiger partial charge in [-0.25, -0.2) is 0 Å². The van der Waals surface area contributed by atoms with Crippen LogP contribution < -0.4 is 5.32 Å². The Morgan fingerprint density at radius 2 is 1.70 bits per heavy atom. The molecule has 2 heteroatoms. The van der Waals surface area contributed by atoms with Crippen LogP contribution in [0.1, 0.15) is 75.2 Å². The normalized spacial score (nSPS) is 12.7. The summed E-state index contributed by atoms with van der Waals surface area (Å²) in [4.78, 5) is 12.3. The average Bonchev–Trinajstić information content (AvgIpc) is 2.46. The molecule has 1 unspecified atom stereocenters. The first-order chi connectivity index (χ1) is 9.56. The van der Waals surface area contributed by atoms with Crippen LogP contribution in [0.3, 0.4) is 0 Å². The molecule has 0 aromatic heterocycles. The second-order valence-corrected chi connectivity index (χ2v) is 5.88. The molecule has 0 fully saturated rings. The SMILES string of the molecule is CCCCCCNC(C)C(=O)c1ccc(C(C)C)cc1. The van der Waals surface area contributed by atoms with Crippen molar-refractivity contribution in [1.82, 2.24) is 5.32 Å². The highest BCUT2D eigenvalue weighted by atomic mass is 16.1. The number of carbonyl (C=O) groups is 1. The van der Waals surface area contributed by atoms with Gasteiger partial charge in [0.05, 0.1) is 6.04 Å². The maximum Gasteiger partial charge on any atom is 0.179 e. The molecule has 1 aromatic carbocycles. The first-order valence-electron chi connectivity index (χ1n) is 7.93. The lowest BCUT2D eigenvalue weighted by Gasteiger charge is -2.13. The fourth-order valence-corrected chi connectivity index (χ4v) is 2.25. The van der Waals surface area contributed by atoms with Crippen LogP contribution in [0.25, 0.3) is 0 Å². The van der Waals surface area contributed by atoms with Crippen LogP contribution in [0.15, 0.2) is 24.3 Å². The molecular weight excluding hydrogens is 246 g/mol. The summed E-state index contributed by atoms with van der Waals surface area (Å²) in [5.74, 6) is 0.698. The minimum Gasteiger partial charge on any atom is -0.307 e. The van der Waals surface area contributed by atoms with E-state index in [-0.39, 0.29) is 11.8 Å².